The zero-order valence-corrected chi connectivity index (χ0v) is 17.9. The second-order valence-corrected chi connectivity index (χ2v) is 8.17. The summed E-state index contributed by atoms with van der Waals surface area (Å²) in [5.41, 5.74) is 0. The number of Topliss-reactive ketones (excluding diaryl/α,β-unsaturated/α-hetero) is 1. The summed E-state index contributed by atoms with van der Waals surface area (Å²) in [6.45, 7) is 7.36. The summed E-state index contributed by atoms with van der Waals surface area (Å²) >= 11 is 0. The molecule has 3 nitrogen and oxygen atoms in total. The molecule has 0 aromatic heterocycles. The lowest BCUT2D eigenvalue weighted by molar-refractivity contribution is -0.121. The van der Waals surface area contributed by atoms with Crippen molar-refractivity contribution in [2.24, 2.45) is 5.92 Å². The molecule has 0 spiro atoms. The molecule has 0 rings (SSSR count). The summed E-state index contributed by atoms with van der Waals surface area (Å²) in [6, 6.07) is 0. The van der Waals surface area contributed by atoms with Gasteiger partial charge in [0.15, 0.2) is 0 Å². The van der Waals surface area contributed by atoms with Crippen molar-refractivity contribution in [1.82, 2.24) is 5.32 Å². The average Bonchev–Trinajstić information content (AvgIpc) is 2.61. The highest BCUT2D eigenvalue weighted by atomic mass is 16.1. The third-order valence-corrected chi connectivity index (χ3v) is 5.03. The van der Waals surface area contributed by atoms with Gasteiger partial charge in [0, 0.05) is 25.8 Å². The molecule has 26 heavy (non-hydrogen) atoms. The van der Waals surface area contributed by atoms with E-state index in [1.807, 2.05) is 6.92 Å². The first-order valence-corrected chi connectivity index (χ1v) is 11.3. The Hall–Kier alpha value is -0.860. The van der Waals surface area contributed by atoms with Crippen molar-refractivity contribution in [3.63, 3.8) is 0 Å². The normalized spacial score (nSPS) is 11.1. The van der Waals surface area contributed by atoms with Crippen molar-refractivity contribution in [2.45, 2.75) is 124 Å². The summed E-state index contributed by atoms with van der Waals surface area (Å²) in [5.74, 6) is 1.44. The summed E-state index contributed by atoms with van der Waals surface area (Å²) in [7, 11) is 0. The maximum Gasteiger partial charge on any atom is 0.219 e. The summed E-state index contributed by atoms with van der Waals surface area (Å²) in [4.78, 5) is 23.0. The van der Waals surface area contributed by atoms with Crippen LogP contribution in [0.4, 0.5) is 0 Å². The molecule has 0 aliphatic heterocycles. The molecule has 154 valence electrons. The molecule has 0 saturated heterocycles. The van der Waals surface area contributed by atoms with Crippen LogP contribution < -0.4 is 5.32 Å². The molecule has 0 aliphatic carbocycles. The van der Waals surface area contributed by atoms with Crippen LogP contribution in [0.5, 0.6) is 0 Å². The van der Waals surface area contributed by atoms with E-state index in [9.17, 15) is 9.59 Å². The number of unbranched alkanes of at least 4 members (excludes halogenated alkanes) is 10. The maximum atomic E-state index is 11.8. The fraction of sp³-hybridized carbons (Fsp3) is 0.913. The van der Waals surface area contributed by atoms with Crippen LogP contribution in [-0.2, 0) is 9.59 Å². The minimum atomic E-state index is 0.218. The Morgan fingerprint density at radius 3 is 1.77 bits per heavy atom. The fourth-order valence-corrected chi connectivity index (χ4v) is 3.19. The molecule has 0 fully saturated rings. The van der Waals surface area contributed by atoms with Crippen LogP contribution in [0.3, 0.4) is 0 Å². The zero-order chi connectivity index (χ0) is 19.5. The highest BCUT2D eigenvalue weighted by Gasteiger charge is 2.01. The van der Waals surface area contributed by atoms with Gasteiger partial charge in [-0.3, -0.25) is 9.59 Å². The van der Waals surface area contributed by atoms with E-state index in [0.29, 0.717) is 18.6 Å². The summed E-state index contributed by atoms with van der Waals surface area (Å²) in [6.07, 6.45) is 17.9. The van der Waals surface area contributed by atoms with Gasteiger partial charge in [0.25, 0.3) is 0 Å². The van der Waals surface area contributed by atoms with Crippen LogP contribution in [0.1, 0.15) is 124 Å². The van der Waals surface area contributed by atoms with Crippen LogP contribution in [0.25, 0.3) is 0 Å². The largest absolute Gasteiger partial charge is 0.356 e. The number of hydrogen-bond donors (Lipinski definition) is 1. The molecule has 0 saturated carbocycles. The van der Waals surface area contributed by atoms with E-state index in [4.69, 9.17) is 0 Å². The number of carbonyl (C=O) groups is 2. The number of hydrogen-bond acceptors (Lipinski definition) is 2. The summed E-state index contributed by atoms with van der Waals surface area (Å²) < 4.78 is 0. The van der Waals surface area contributed by atoms with Crippen LogP contribution in [0, 0.1) is 5.92 Å². The lowest BCUT2D eigenvalue weighted by Crippen LogP contribution is -2.23. The van der Waals surface area contributed by atoms with Gasteiger partial charge in [0.05, 0.1) is 0 Å². The number of carbonyl (C=O) groups excluding carboxylic acids is 2. The van der Waals surface area contributed by atoms with Gasteiger partial charge in [-0.25, -0.2) is 0 Å². The Morgan fingerprint density at radius 2 is 1.19 bits per heavy atom. The Labute approximate surface area is 163 Å². The second-order valence-electron chi connectivity index (χ2n) is 8.17. The number of rotatable bonds is 19. The molecule has 0 aromatic rings. The van der Waals surface area contributed by atoms with Crippen molar-refractivity contribution >= 4 is 11.7 Å². The molecule has 0 atom stereocenters. The minimum absolute atomic E-state index is 0.218. The standard InChI is InChI=1S/C23H45NO2/c1-4-22(25)18-14-10-5-6-11-15-19-23(26)24-20-16-12-8-7-9-13-17-21(2)3/h21H,4-20H2,1-3H3,(H,24,26). The Kier molecular flexibility index (Phi) is 18.3. The highest BCUT2D eigenvalue weighted by Crippen LogP contribution is 2.11. The first-order valence-electron chi connectivity index (χ1n) is 11.3. The van der Waals surface area contributed by atoms with Crippen molar-refractivity contribution < 1.29 is 9.59 Å². The van der Waals surface area contributed by atoms with Crippen LogP contribution in [0.15, 0.2) is 0 Å². The minimum Gasteiger partial charge on any atom is -0.356 e. The van der Waals surface area contributed by atoms with Gasteiger partial charge in [0.2, 0.25) is 5.91 Å². The van der Waals surface area contributed by atoms with E-state index in [-0.39, 0.29) is 5.91 Å². The Morgan fingerprint density at radius 1 is 0.692 bits per heavy atom. The molecule has 0 aliphatic rings. The molecule has 1 amide bonds. The third-order valence-electron chi connectivity index (χ3n) is 5.03. The van der Waals surface area contributed by atoms with Crippen LogP contribution in [-0.4, -0.2) is 18.2 Å². The van der Waals surface area contributed by atoms with Gasteiger partial charge in [-0.05, 0) is 25.2 Å². The molecule has 0 bridgehead atoms. The van der Waals surface area contributed by atoms with E-state index >= 15 is 0 Å². The second kappa shape index (κ2) is 18.9. The number of ketones is 1. The van der Waals surface area contributed by atoms with Gasteiger partial charge in [-0.2, -0.15) is 0 Å². The quantitative estimate of drug-likeness (QED) is 0.262. The predicted octanol–water partition coefficient (Wildman–Crippen LogP) is 6.59. The molecule has 1 N–H and O–H groups in total. The molecule has 0 aromatic carbocycles. The van der Waals surface area contributed by atoms with E-state index in [1.54, 1.807) is 0 Å². The first-order chi connectivity index (χ1) is 12.6. The van der Waals surface area contributed by atoms with Gasteiger partial charge >= 0.3 is 0 Å². The van der Waals surface area contributed by atoms with E-state index in [0.717, 1.165) is 51.0 Å². The lowest BCUT2D eigenvalue weighted by atomic mass is 10.0. The molecule has 0 unspecified atom stereocenters. The number of nitrogens with one attached hydrogen (secondary N) is 1. The monoisotopic (exact) mass is 367 g/mol. The summed E-state index contributed by atoms with van der Waals surface area (Å²) in [5, 5.41) is 3.05. The van der Waals surface area contributed by atoms with Crippen LogP contribution in [0.2, 0.25) is 0 Å². The van der Waals surface area contributed by atoms with Gasteiger partial charge in [-0.15, -0.1) is 0 Å². The van der Waals surface area contributed by atoms with Crippen molar-refractivity contribution in [2.75, 3.05) is 6.54 Å². The van der Waals surface area contributed by atoms with Crippen molar-refractivity contribution in [3.05, 3.63) is 0 Å². The molecule has 0 radical (unpaired) electrons. The first kappa shape index (κ1) is 25.1. The zero-order valence-electron chi connectivity index (χ0n) is 17.9. The predicted molar refractivity (Wildman–Crippen MR) is 112 cm³/mol. The molecular weight excluding hydrogens is 322 g/mol. The topological polar surface area (TPSA) is 46.2 Å². The van der Waals surface area contributed by atoms with Gasteiger partial charge < -0.3 is 5.32 Å². The SMILES string of the molecule is CCC(=O)CCCCCCCCC(=O)NCCCCCCCCC(C)C. The van der Waals surface area contributed by atoms with E-state index in [1.165, 1.54) is 51.4 Å². The molecule has 0 heterocycles. The smallest absolute Gasteiger partial charge is 0.219 e. The third kappa shape index (κ3) is 19.5. The molecular formula is C23H45NO2. The van der Waals surface area contributed by atoms with Crippen LogP contribution >= 0.6 is 0 Å². The maximum absolute atomic E-state index is 11.8. The van der Waals surface area contributed by atoms with Crippen molar-refractivity contribution in [3.8, 4) is 0 Å². The van der Waals surface area contributed by atoms with Crippen molar-refractivity contribution in [1.29, 1.82) is 0 Å². The van der Waals surface area contributed by atoms with E-state index < -0.39 is 0 Å². The van der Waals surface area contributed by atoms with Gasteiger partial charge in [0.1, 0.15) is 5.78 Å². The average molecular weight is 368 g/mol. The Balaban J connectivity index is 3.21. The Bertz CT molecular complexity index is 339. The van der Waals surface area contributed by atoms with E-state index in [2.05, 4.69) is 19.2 Å². The number of amides is 1. The van der Waals surface area contributed by atoms with Gasteiger partial charge in [-0.1, -0.05) is 85.0 Å². The highest BCUT2D eigenvalue weighted by molar-refractivity contribution is 5.77. The fourth-order valence-electron chi connectivity index (χ4n) is 3.19. The molecule has 3 heteroatoms. The lowest BCUT2D eigenvalue weighted by Gasteiger charge is -2.06.